The molecule has 0 spiro atoms. The lowest BCUT2D eigenvalue weighted by atomic mass is 10.00. The van der Waals surface area contributed by atoms with Crippen molar-refractivity contribution in [2.45, 2.75) is 38.3 Å². The van der Waals surface area contributed by atoms with Gasteiger partial charge in [-0.05, 0) is 43.1 Å². The summed E-state index contributed by atoms with van der Waals surface area (Å²) in [6.45, 7) is 1.87. The molecule has 1 heterocycles. The topological polar surface area (TPSA) is 40.2 Å². The number of methoxy groups -OCH3 is 4. The van der Waals surface area contributed by atoms with Gasteiger partial charge in [-0.25, -0.2) is 0 Å². The Labute approximate surface area is 168 Å². The van der Waals surface area contributed by atoms with E-state index in [4.69, 9.17) is 18.9 Å². The maximum atomic E-state index is 5.65. The summed E-state index contributed by atoms with van der Waals surface area (Å²) >= 11 is 0. The molecule has 2 aromatic carbocycles. The van der Waals surface area contributed by atoms with E-state index in [0.717, 1.165) is 42.3 Å². The van der Waals surface area contributed by atoms with E-state index in [1.54, 1.807) is 28.4 Å². The molecule has 152 valence electrons. The summed E-state index contributed by atoms with van der Waals surface area (Å²) in [5, 5.41) is 0. The average Bonchev–Trinajstić information content (AvgIpc) is 2.98. The first-order valence-corrected chi connectivity index (χ1v) is 9.87. The molecule has 0 bridgehead atoms. The molecule has 5 heteroatoms. The van der Waals surface area contributed by atoms with Gasteiger partial charge in [0.05, 0.1) is 28.4 Å². The highest BCUT2D eigenvalue weighted by atomic mass is 16.5. The van der Waals surface area contributed by atoms with Crippen molar-refractivity contribution in [2.24, 2.45) is 0 Å². The van der Waals surface area contributed by atoms with Crippen LogP contribution in [0.5, 0.6) is 23.0 Å². The number of hydrogen-bond acceptors (Lipinski definition) is 5. The quantitative estimate of drug-likeness (QED) is 0.682. The van der Waals surface area contributed by atoms with Crippen molar-refractivity contribution in [1.29, 1.82) is 0 Å². The largest absolute Gasteiger partial charge is 0.497 e. The minimum Gasteiger partial charge on any atom is -0.497 e. The Balaban J connectivity index is 1.90. The number of rotatable bonds is 7. The molecular weight excluding hydrogens is 354 g/mol. The zero-order chi connectivity index (χ0) is 19.9. The third-order valence-corrected chi connectivity index (χ3v) is 5.52. The number of hydrogen-bond donors (Lipinski definition) is 0. The van der Waals surface area contributed by atoms with Crippen LogP contribution in [0.3, 0.4) is 0 Å². The highest BCUT2D eigenvalue weighted by Gasteiger charge is 2.24. The van der Waals surface area contributed by atoms with Crippen LogP contribution in [-0.4, -0.2) is 39.9 Å². The van der Waals surface area contributed by atoms with Crippen LogP contribution < -0.4 is 18.9 Å². The van der Waals surface area contributed by atoms with E-state index in [9.17, 15) is 0 Å². The van der Waals surface area contributed by atoms with Crippen LogP contribution in [0.4, 0.5) is 0 Å². The third-order valence-electron chi connectivity index (χ3n) is 5.52. The lowest BCUT2D eigenvalue weighted by molar-refractivity contribution is 0.189. The first-order chi connectivity index (χ1) is 13.7. The zero-order valence-corrected chi connectivity index (χ0v) is 17.4. The maximum Gasteiger partial charge on any atom is 0.164 e. The van der Waals surface area contributed by atoms with E-state index < -0.39 is 0 Å². The van der Waals surface area contributed by atoms with Crippen LogP contribution in [0, 0.1) is 0 Å². The van der Waals surface area contributed by atoms with Crippen LogP contribution in [0.2, 0.25) is 0 Å². The van der Waals surface area contributed by atoms with E-state index in [2.05, 4.69) is 29.2 Å². The number of nitrogens with zero attached hydrogens (tertiary/aromatic N) is 1. The van der Waals surface area contributed by atoms with E-state index in [1.165, 1.54) is 24.8 Å². The van der Waals surface area contributed by atoms with Crippen molar-refractivity contribution in [1.82, 2.24) is 4.90 Å². The van der Waals surface area contributed by atoms with Gasteiger partial charge in [0.15, 0.2) is 11.5 Å². The molecule has 1 aliphatic heterocycles. The number of ether oxygens (including phenoxy) is 4. The molecular formula is C23H31NO4. The monoisotopic (exact) mass is 385 g/mol. The molecule has 1 atom stereocenters. The highest BCUT2D eigenvalue weighted by Crippen LogP contribution is 2.38. The molecule has 5 nitrogen and oxygen atoms in total. The molecule has 1 saturated heterocycles. The predicted octanol–water partition coefficient (Wildman–Crippen LogP) is 4.84. The van der Waals surface area contributed by atoms with Crippen molar-refractivity contribution in [3.63, 3.8) is 0 Å². The van der Waals surface area contributed by atoms with Crippen LogP contribution in [0.15, 0.2) is 36.4 Å². The molecule has 3 rings (SSSR count). The Morgan fingerprint density at radius 3 is 2.11 bits per heavy atom. The standard InChI is InChI=1S/C23H31NO4/c1-25-19-11-9-17(10-12-19)20-8-6-5-7-13-24(20)16-18-14-22(27-3)23(28-4)15-21(18)26-2/h9-12,14-15,20H,5-8,13,16H2,1-4H3/t20-/m0/s1. The smallest absolute Gasteiger partial charge is 0.164 e. The molecule has 1 aliphatic rings. The third kappa shape index (κ3) is 4.53. The van der Waals surface area contributed by atoms with Gasteiger partial charge in [0.1, 0.15) is 11.5 Å². The molecule has 0 saturated carbocycles. The fourth-order valence-electron chi connectivity index (χ4n) is 4.00. The molecule has 1 fully saturated rings. The Morgan fingerprint density at radius 2 is 1.46 bits per heavy atom. The van der Waals surface area contributed by atoms with Gasteiger partial charge in [-0.1, -0.05) is 25.0 Å². The van der Waals surface area contributed by atoms with Crippen molar-refractivity contribution in [3.8, 4) is 23.0 Å². The van der Waals surface area contributed by atoms with Gasteiger partial charge in [0.2, 0.25) is 0 Å². The highest BCUT2D eigenvalue weighted by molar-refractivity contribution is 5.50. The minimum absolute atomic E-state index is 0.381. The van der Waals surface area contributed by atoms with Gasteiger partial charge < -0.3 is 18.9 Å². The minimum atomic E-state index is 0.381. The second-order valence-electron chi connectivity index (χ2n) is 7.13. The summed E-state index contributed by atoms with van der Waals surface area (Å²) in [6.07, 6.45) is 4.88. The lowest BCUT2D eigenvalue weighted by Crippen LogP contribution is -2.28. The molecule has 0 unspecified atom stereocenters. The Kier molecular flexibility index (Phi) is 7.04. The van der Waals surface area contributed by atoms with E-state index in [0.29, 0.717) is 11.8 Å². The van der Waals surface area contributed by atoms with Gasteiger partial charge in [-0.2, -0.15) is 0 Å². The first kappa shape index (κ1) is 20.3. The lowest BCUT2D eigenvalue weighted by Gasteiger charge is -2.31. The normalized spacial score (nSPS) is 17.6. The number of likely N-dealkylation sites (tertiary alicyclic amines) is 1. The summed E-state index contributed by atoms with van der Waals surface area (Å²) < 4.78 is 21.9. The van der Waals surface area contributed by atoms with Gasteiger partial charge in [-0.15, -0.1) is 0 Å². The van der Waals surface area contributed by atoms with Crippen LogP contribution in [0.25, 0.3) is 0 Å². The Morgan fingerprint density at radius 1 is 0.786 bits per heavy atom. The first-order valence-electron chi connectivity index (χ1n) is 9.87. The summed E-state index contributed by atoms with van der Waals surface area (Å²) in [4.78, 5) is 2.55. The molecule has 0 aliphatic carbocycles. The molecule has 0 N–H and O–H groups in total. The van der Waals surface area contributed by atoms with Gasteiger partial charge in [0, 0.05) is 24.2 Å². The van der Waals surface area contributed by atoms with E-state index >= 15 is 0 Å². The zero-order valence-electron chi connectivity index (χ0n) is 17.4. The van der Waals surface area contributed by atoms with E-state index in [1.807, 2.05) is 12.1 Å². The van der Waals surface area contributed by atoms with E-state index in [-0.39, 0.29) is 0 Å². The Hall–Kier alpha value is -2.40. The molecule has 2 aromatic rings. The van der Waals surface area contributed by atoms with Crippen molar-refractivity contribution < 1.29 is 18.9 Å². The molecule has 0 radical (unpaired) electrons. The fraction of sp³-hybridized carbons (Fsp3) is 0.478. The van der Waals surface area contributed by atoms with Crippen LogP contribution in [0.1, 0.15) is 42.9 Å². The average molecular weight is 386 g/mol. The summed E-state index contributed by atoms with van der Waals surface area (Å²) in [6, 6.07) is 12.8. The second kappa shape index (κ2) is 9.69. The maximum absolute atomic E-state index is 5.65. The van der Waals surface area contributed by atoms with Gasteiger partial charge in [-0.3, -0.25) is 4.90 Å². The second-order valence-corrected chi connectivity index (χ2v) is 7.13. The molecule has 28 heavy (non-hydrogen) atoms. The Bertz CT molecular complexity index is 760. The number of benzene rings is 2. The summed E-state index contributed by atoms with van der Waals surface area (Å²) in [5.41, 5.74) is 2.45. The fourth-order valence-corrected chi connectivity index (χ4v) is 4.00. The van der Waals surface area contributed by atoms with Crippen molar-refractivity contribution in [2.75, 3.05) is 35.0 Å². The van der Waals surface area contributed by atoms with Crippen LogP contribution >= 0.6 is 0 Å². The molecule has 0 amide bonds. The SMILES string of the molecule is COc1ccc([C@@H]2CCCCCN2Cc2cc(OC)c(OC)cc2OC)cc1. The van der Waals surface area contributed by atoms with Gasteiger partial charge in [0.25, 0.3) is 0 Å². The summed E-state index contributed by atoms with van der Waals surface area (Å²) in [7, 11) is 6.72. The van der Waals surface area contributed by atoms with Gasteiger partial charge >= 0.3 is 0 Å². The van der Waals surface area contributed by atoms with Crippen molar-refractivity contribution >= 4 is 0 Å². The van der Waals surface area contributed by atoms with Crippen molar-refractivity contribution in [3.05, 3.63) is 47.5 Å². The van der Waals surface area contributed by atoms with Crippen LogP contribution in [-0.2, 0) is 6.54 Å². The molecule has 0 aromatic heterocycles. The summed E-state index contributed by atoms with van der Waals surface area (Å²) in [5.74, 6) is 3.14. The predicted molar refractivity (Wildman–Crippen MR) is 111 cm³/mol.